The number of aromatic nitrogens is 1. The molecule has 0 atom stereocenters. The van der Waals surface area contributed by atoms with Gasteiger partial charge in [0.2, 0.25) is 5.88 Å². The molecule has 0 bridgehead atoms. The van der Waals surface area contributed by atoms with Crippen molar-refractivity contribution in [3.8, 4) is 23.1 Å². The van der Waals surface area contributed by atoms with Crippen LogP contribution >= 0.6 is 0 Å². The van der Waals surface area contributed by atoms with Gasteiger partial charge >= 0.3 is 0 Å². The summed E-state index contributed by atoms with van der Waals surface area (Å²) in [6.45, 7) is 0. The molecule has 1 aromatic carbocycles. The Kier molecular flexibility index (Phi) is 2.66. The Hall–Kier alpha value is -2.55. The van der Waals surface area contributed by atoms with Gasteiger partial charge in [-0.25, -0.2) is 4.39 Å². The molecule has 1 heterocycles. The molecule has 2 aromatic rings. The van der Waals surface area contributed by atoms with Crippen LogP contribution in [0.3, 0.4) is 0 Å². The molecule has 0 amide bonds. The topological polar surface area (TPSA) is 85.1 Å². The van der Waals surface area contributed by atoms with Crippen LogP contribution in [0.25, 0.3) is 11.3 Å². The number of hydrogen-bond acceptors (Lipinski definition) is 5. The van der Waals surface area contributed by atoms with Gasteiger partial charge in [-0.2, -0.15) is 5.26 Å². The van der Waals surface area contributed by atoms with Gasteiger partial charge in [-0.15, -0.1) is 0 Å². The molecule has 6 heteroatoms. The number of hydrogen-bond donors (Lipinski definition) is 1. The molecule has 0 unspecified atom stereocenters. The van der Waals surface area contributed by atoms with Crippen LogP contribution in [0.4, 0.5) is 10.3 Å². The van der Waals surface area contributed by atoms with E-state index in [1.807, 2.05) is 6.07 Å². The number of halogens is 1. The molecule has 0 saturated heterocycles. The average Bonchev–Trinajstić information content (AvgIpc) is 2.74. The first kappa shape index (κ1) is 11.0. The fourth-order valence-electron chi connectivity index (χ4n) is 1.46. The molecule has 0 spiro atoms. The van der Waals surface area contributed by atoms with Crippen LogP contribution in [0, 0.1) is 17.1 Å². The fraction of sp³-hybridized carbons (Fsp3) is 0.0909. The molecule has 86 valence electrons. The van der Waals surface area contributed by atoms with E-state index in [1.54, 1.807) is 0 Å². The van der Waals surface area contributed by atoms with E-state index < -0.39 is 5.82 Å². The van der Waals surface area contributed by atoms with Gasteiger partial charge in [-0.3, -0.25) is 0 Å². The number of nitriles is 1. The lowest BCUT2D eigenvalue weighted by Crippen LogP contribution is -1.93. The Bertz CT molecular complexity index is 601. The number of nitrogens with two attached hydrogens (primary N) is 1. The molecular formula is C11H8FN3O2. The van der Waals surface area contributed by atoms with Gasteiger partial charge in [0.15, 0.2) is 11.6 Å². The summed E-state index contributed by atoms with van der Waals surface area (Å²) in [5.41, 5.74) is 6.22. The predicted octanol–water partition coefficient (Wildman–Crippen LogP) is 1.94. The summed E-state index contributed by atoms with van der Waals surface area (Å²) < 4.78 is 23.1. The maximum absolute atomic E-state index is 13.6. The largest absolute Gasteiger partial charge is 0.492 e. The van der Waals surface area contributed by atoms with Crippen LogP contribution in [0.5, 0.6) is 5.75 Å². The van der Waals surface area contributed by atoms with Gasteiger partial charge in [0.1, 0.15) is 11.8 Å². The zero-order valence-corrected chi connectivity index (χ0v) is 8.90. The highest BCUT2D eigenvalue weighted by Crippen LogP contribution is 2.29. The lowest BCUT2D eigenvalue weighted by Gasteiger charge is -2.05. The second kappa shape index (κ2) is 4.14. The van der Waals surface area contributed by atoms with Gasteiger partial charge in [0.25, 0.3) is 0 Å². The Morgan fingerprint density at radius 2 is 2.24 bits per heavy atom. The van der Waals surface area contributed by atoms with Gasteiger partial charge in [-0.1, -0.05) is 5.16 Å². The lowest BCUT2D eigenvalue weighted by atomic mass is 10.1. The van der Waals surface area contributed by atoms with Crippen LogP contribution in [0.1, 0.15) is 5.56 Å². The van der Waals surface area contributed by atoms with E-state index in [2.05, 4.69) is 9.68 Å². The van der Waals surface area contributed by atoms with Crippen molar-refractivity contribution in [3.05, 3.63) is 29.6 Å². The maximum atomic E-state index is 13.6. The quantitative estimate of drug-likeness (QED) is 0.856. The van der Waals surface area contributed by atoms with Gasteiger partial charge < -0.3 is 15.0 Å². The minimum Gasteiger partial charge on any atom is -0.492 e. The molecule has 0 aliphatic heterocycles. The Morgan fingerprint density at radius 3 is 2.76 bits per heavy atom. The summed E-state index contributed by atoms with van der Waals surface area (Å²) in [6, 6.07) is 5.96. The van der Waals surface area contributed by atoms with Crippen molar-refractivity contribution < 1.29 is 13.7 Å². The summed E-state index contributed by atoms with van der Waals surface area (Å²) in [6.07, 6.45) is 0. The number of benzene rings is 1. The standard InChI is InChI=1S/C11H8FN3O2/c1-16-11-7(5-13)2-6(3-8(11)12)9-4-10(14)17-15-9/h2-4H,14H2,1H3. The number of nitrogen functional groups attached to an aromatic ring is 1. The first-order chi connectivity index (χ1) is 8.15. The third kappa shape index (κ3) is 1.90. The molecule has 0 radical (unpaired) electrons. The fourth-order valence-corrected chi connectivity index (χ4v) is 1.46. The first-order valence-electron chi connectivity index (χ1n) is 4.66. The van der Waals surface area contributed by atoms with Crippen molar-refractivity contribution in [1.29, 1.82) is 5.26 Å². The number of anilines is 1. The van der Waals surface area contributed by atoms with E-state index in [0.717, 1.165) is 0 Å². The van der Waals surface area contributed by atoms with Crippen molar-refractivity contribution >= 4 is 5.88 Å². The molecule has 0 aliphatic carbocycles. The summed E-state index contributed by atoms with van der Waals surface area (Å²) in [7, 11) is 1.30. The molecule has 2 rings (SSSR count). The van der Waals surface area contributed by atoms with Crippen molar-refractivity contribution in [2.75, 3.05) is 12.8 Å². The smallest absolute Gasteiger partial charge is 0.222 e. The van der Waals surface area contributed by atoms with E-state index in [-0.39, 0.29) is 17.2 Å². The second-order valence-electron chi connectivity index (χ2n) is 3.27. The van der Waals surface area contributed by atoms with Crippen molar-refractivity contribution in [2.24, 2.45) is 0 Å². The van der Waals surface area contributed by atoms with Crippen molar-refractivity contribution in [2.45, 2.75) is 0 Å². The summed E-state index contributed by atoms with van der Waals surface area (Å²) in [5.74, 6) is -0.606. The Balaban J connectivity index is 2.58. The predicted molar refractivity (Wildman–Crippen MR) is 57.6 cm³/mol. The summed E-state index contributed by atoms with van der Waals surface area (Å²) in [5, 5.41) is 12.5. The third-order valence-electron chi connectivity index (χ3n) is 2.19. The third-order valence-corrected chi connectivity index (χ3v) is 2.19. The Morgan fingerprint density at radius 1 is 1.47 bits per heavy atom. The maximum Gasteiger partial charge on any atom is 0.222 e. The zero-order chi connectivity index (χ0) is 12.4. The van der Waals surface area contributed by atoms with Crippen LogP contribution in [0.2, 0.25) is 0 Å². The number of ether oxygens (including phenoxy) is 1. The minimum atomic E-state index is -0.636. The monoisotopic (exact) mass is 233 g/mol. The van der Waals surface area contributed by atoms with Gasteiger partial charge in [0.05, 0.1) is 12.7 Å². The molecule has 17 heavy (non-hydrogen) atoms. The zero-order valence-electron chi connectivity index (χ0n) is 8.90. The molecule has 0 saturated carbocycles. The molecule has 0 aliphatic rings. The van der Waals surface area contributed by atoms with Crippen LogP contribution < -0.4 is 10.5 Å². The summed E-state index contributed by atoms with van der Waals surface area (Å²) in [4.78, 5) is 0. The normalized spacial score (nSPS) is 9.94. The van der Waals surface area contributed by atoms with Gasteiger partial charge in [-0.05, 0) is 12.1 Å². The Labute approximate surface area is 96.2 Å². The van der Waals surface area contributed by atoms with Crippen LogP contribution in [-0.4, -0.2) is 12.3 Å². The minimum absolute atomic E-state index is 0.0871. The van der Waals surface area contributed by atoms with E-state index in [4.69, 9.17) is 15.7 Å². The van der Waals surface area contributed by atoms with Crippen molar-refractivity contribution in [3.63, 3.8) is 0 Å². The molecule has 2 N–H and O–H groups in total. The lowest BCUT2D eigenvalue weighted by molar-refractivity contribution is 0.385. The molecular weight excluding hydrogens is 225 g/mol. The van der Waals surface area contributed by atoms with Crippen LogP contribution in [0.15, 0.2) is 22.7 Å². The number of methoxy groups -OCH3 is 1. The van der Waals surface area contributed by atoms with Crippen LogP contribution in [-0.2, 0) is 0 Å². The molecule has 5 nitrogen and oxygen atoms in total. The first-order valence-corrected chi connectivity index (χ1v) is 4.66. The highest BCUT2D eigenvalue weighted by Gasteiger charge is 2.14. The SMILES string of the molecule is COc1c(F)cc(-c2cc(N)on2)cc1C#N. The van der Waals surface area contributed by atoms with Crippen molar-refractivity contribution in [1.82, 2.24) is 5.16 Å². The average molecular weight is 233 g/mol. The number of nitrogens with zero attached hydrogens (tertiary/aromatic N) is 2. The molecule has 1 aromatic heterocycles. The van der Waals surface area contributed by atoms with E-state index in [0.29, 0.717) is 11.3 Å². The number of rotatable bonds is 2. The van der Waals surface area contributed by atoms with E-state index in [9.17, 15) is 4.39 Å². The van der Waals surface area contributed by atoms with E-state index >= 15 is 0 Å². The molecule has 0 fully saturated rings. The second-order valence-corrected chi connectivity index (χ2v) is 3.27. The highest BCUT2D eigenvalue weighted by atomic mass is 19.1. The highest BCUT2D eigenvalue weighted by molar-refractivity contribution is 5.65. The van der Waals surface area contributed by atoms with Gasteiger partial charge in [0, 0.05) is 11.6 Å². The summed E-state index contributed by atoms with van der Waals surface area (Å²) >= 11 is 0. The van der Waals surface area contributed by atoms with E-state index in [1.165, 1.54) is 25.3 Å².